The molecule has 0 bridgehead atoms. The monoisotopic (exact) mass is 371 g/mol. The van der Waals surface area contributed by atoms with E-state index in [1.807, 2.05) is 37.3 Å². The number of benzene rings is 2. The lowest BCUT2D eigenvalue weighted by Gasteiger charge is -2.02. The summed E-state index contributed by atoms with van der Waals surface area (Å²) in [5.74, 6) is 0.284. The minimum absolute atomic E-state index is 0.284. The third kappa shape index (κ3) is 3.03. The van der Waals surface area contributed by atoms with Crippen LogP contribution in [0.1, 0.15) is 11.1 Å². The second kappa shape index (κ2) is 5.71. The first kappa shape index (κ1) is 13.4. The number of aromatic hydroxyl groups is 1. The van der Waals surface area contributed by atoms with Crippen molar-refractivity contribution in [2.75, 3.05) is 0 Å². The van der Waals surface area contributed by atoms with Crippen molar-refractivity contribution in [2.24, 2.45) is 4.99 Å². The van der Waals surface area contributed by atoms with E-state index in [1.165, 1.54) is 0 Å². The lowest BCUT2D eigenvalue weighted by molar-refractivity contribution is 0.471. The number of hydrogen-bond acceptors (Lipinski definition) is 2. The molecular weight excluding hydrogens is 361 g/mol. The fourth-order valence-electron chi connectivity index (χ4n) is 1.48. The molecule has 0 saturated carbocycles. The zero-order valence-corrected chi connectivity index (χ0v) is 12.6. The van der Waals surface area contributed by atoms with Crippen LogP contribution in [0.25, 0.3) is 0 Å². The average molecular weight is 372 g/mol. The predicted octanol–water partition coefficient (Wildman–Crippen LogP) is 4.71. The van der Waals surface area contributed by atoms with E-state index in [2.05, 4.69) is 27.6 Å². The van der Waals surface area contributed by atoms with Crippen molar-refractivity contribution in [3.8, 4) is 5.75 Å². The second-order valence-electron chi connectivity index (χ2n) is 3.85. The second-order valence-corrected chi connectivity index (χ2v) is 5.42. The number of aliphatic imine (C=N–C) groups is 1. The Bertz CT molecular complexity index is 611. The van der Waals surface area contributed by atoms with E-state index in [9.17, 15) is 5.11 Å². The molecule has 0 radical (unpaired) electrons. The molecule has 0 aromatic heterocycles. The maximum atomic E-state index is 9.44. The number of phenolic OH excluding ortho intramolecular Hbond substituents is 1. The molecule has 18 heavy (non-hydrogen) atoms. The molecule has 0 unspecified atom stereocenters. The fraction of sp³-hybridized carbons (Fsp3) is 0.0714. The molecule has 1 N–H and O–H groups in total. The van der Waals surface area contributed by atoms with Crippen LogP contribution in [0, 0.1) is 10.5 Å². The molecule has 0 atom stereocenters. The highest BCUT2D eigenvalue weighted by atomic mass is 127. The number of rotatable bonds is 2. The highest BCUT2D eigenvalue weighted by molar-refractivity contribution is 14.1. The van der Waals surface area contributed by atoms with Gasteiger partial charge in [0.05, 0.1) is 9.26 Å². The Labute approximate surface area is 124 Å². The predicted molar refractivity (Wildman–Crippen MR) is 84.3 cm³/mol. The molecule has 0 heterocycles. The quantitative estimate of drug-likeness (QED) is 0.602. The molecule has 0 fully saturated rings. The van der Waals surface area contributed by atoms with Gasteiger partial charge in [-0.25, -0.2) is 0 Å². The van der Waals surface area contributed by atoms with Gasteiger partial charge >= 0.3 is 0 Å². The standard InChI is InChI=1S/C14H11ClINO/c1-9-11(15)3-2-4-13(9)17-8-10-5-6-14(18)12(16)7-10/h2-8,18H,1H3. The van der Waals surface area contributed by atoms with Gasteiger partial charge in [-0.1, -0.05) is 17.7 Å². The van der Waals surface area contributed by atoms with Gasteiger partial charge in [0, 0.05) is 11.2 Å². The Morgan fingerprint density at radius 2 is 2.06 bits per heavy atom. The van der Waals surface area contributed by atoms with Crippen molar-refractivity contribution in [3.63, 3.8) is 0 Å². The maximum Gasteiger partial charge on any atom is 0.128 e. The van der Waals surface area contributed by atoms with Gasteiger partial charge in [-0.3, -0.25) is 4.99 Å². The van der Waals surface area contributed by atoms with Crippen LogP contribution in [0.2, 0.25) is 5.02 Å². The SMILES string of the molecule is Cc1c(Cl)cccc1N=Cc1ccc(O)c(I)c1. The Balaban J connectivity index is 2.30. The average Bonchev–Trinajstić information content (AvgIpc) is 2.35. The van der Waals surface area contributed by atoms with Gasteiger partial charge in [0.25, 0.3) is 0 Å². The number of phenols is 1. The molecule has 2 nitrogen and oxygen atoms in total. The van der Waals surface area contributed by atoms with Gasteiger partial charge < -0.3 is 5.11 Å². The van der Waals surface area contributed by atoms with E-state index in [0.717, 1.165) is 20.4 Å². The number of halogens is 2. The zero-order valence-electron chi connectivity index (χ0n) is 9.69. The highest BCUT2D eigenvalue weighted by Gasteiger charge is 2.00. The largest absolute Gasteiger partial charge is 0.507 e. The molecule has 2 aromatic rings. The summed E-state index contributed by atoms with van der Waals surface area (Å²) < 4.78 is 0.805. The molecule has 2 rings (SSSR count). The minimum Gasteiger partial charge on any atom is -0.507 e. The Hall–Kier alpha value is -1.07. The van der Waals surface area contributed by atoms with Crippen LogP contribution < -0.4 is 0 Å². The first-order valence-corrected chi connectivity index (χ1v) is 6.81. The van der Waals surface area contributed by atoms with Crippen LogP contribution in [-0.2, 0) is 0 Å². The van der Waals surface area contributed by atoms with Crippen molar-refractivity contribution in [1.82, 2.24) is 0 Å². The van der Waals surface area contributed by atoms with Crippen LogP contribution in [0.15, 0.2) is 41.4 Å². The first-order chi connectivity index (χ1) is 8.58. The summed E-state index contributed by atoms with van der Waals surface area (Å²) >= 11 is 8.12. The van der Waals surface area contributed by atoms with Crippen molar-refractivity contribution in [3.05, 3.63) is 56.1 Å². The third-order valence-electron chi connectivity index (χ3n) is 2.56. The Kier molecular flexibility index (Phi) is 4.24. The molecule has 0 saturated heterocycles. The van der Waals surface area contributed by atoms with E-state index in [0.29, 0.717) is 5.02 Å². The van der Waals surface area contributed by atoms with Crippen molar-refractivity contribution >= 4 is 46.1 Å². The number of nitrogens with zero attached hydrogens (tertiary/aromatic N) is 1. The van der Waals surface area contributed by atoms with Crippen LogP contribution in [0.4, 0.5) is 5.69 Å². The smallest absolute Gasteiger partial charge is 0.128 e. The molecule has 0 spiro atoms. The minimum atomic E-state index is 0.284. The maximum absolute atomic E-state index is 9.44. The van der Waals surface area contributed by atoms with Gasteiger partial charge in [0.2, 0.25) is 0 Å². The van der Waals surface area contributed by atoms with Crippen LogP contribution in [0.5, 0.6) is 5.75 Å². The third-order valence-corrected chi connectivity index (χ3v) is 3.84. The van der Waals surface area contributed by atoms with Crippen LogP contribution >= 0.6 is 34.2 Å². The van der Waals surface area contributed by atoms with Gasteiger partial charge in [-0.2, -0.15) is 0 Å². The lowest BCUT2D eigenvalue weighted by atomic mass is 10.2. The Morgan fingerprint density at radius 1 is 1.28 bits per heavy atom. The lowest BCUT2D eigenvalue weighted by Crippen LogP contribution is -1.83. The van der Waals surface area contributed by atoms with Gasteiger partial charge in [0.1, 0.15) is 5.75 Å². The van der Waals surface area contributed by atoms with Crippen LogP contribution in [-0.4, -0.2) is 11.3 Å². The Morgan fingerprint density at radius 3 is 2.78 bits per heavy atom. The molecule has 0 aliphatic carbocycles. The van der Waals surface area contributed by atoms with Crippen molar-refractivity contribution < 1.29 is 5.11 Å². The molecule has 0 aliphatic rings. The normalized spacial score (nSPS) is 11.1. The topological polar surface area (TPSA) is 32.6 Å². The zero-order chi connectivity index (χ0) is 13.1. The van der Waals surface area contributed by atoms with Gasteiger partial charge in [0.15, 0.2) is 0 Å². The summed E-state index contributed by atoms with van der Waals surface area (Å²) in [7, 11) is 0. The van der Waals surface area contributed by atoms with E-state index in [-0.39, 0.29) is 5.75 Å². The molecular formula is C14H11ClINO. The van der Waals surface area contributed by atoms with Crippen molar-refractivity contribution in [1.29, 1.82) is 0 Å². The van der Waals surface area contributed by atoms with Crippen LogP contribution in [0.3, 0.4) is 0 Å². The van der Waals surface area contributed by atoms with Gasteiger partial charge in [-0.05, 0) is 71.0 Å². The first-order valence-electron chi connectivity index (χ1n) is 5.35. The van der Waals surface area contributed by atoms with E-state index in [1.54, 1.807) is 12.3 Å². The molecule has 92 valence electrons. The highest BCUT2D eigenvalue weighted by Crippen LogP contribution is 2.25. The molecule has 0 amide bonds. The van der Waals surface area contributed by atoms with E-state index in [4.69, 9.17) is 11.6 Å². The summed E-state index contributed by atoms with van der Waals surface area (Å²) in [6.07, 6.45) is 1.76. The van der Waals surface area contributed by atoms with Gasteiger partial charge in [-0.15, -0.1) is 0 Å². The number of hydrogen-bond donors (Lipinski definition) is 1. The summed E-state index contributed by atoms with van der Waals surface area (Å²) in [6.45, 7) is 1.94. The van der Waals surface area contributed by atoms with Crippen molar-refractivity contribution in [2.45, 2.75) is 6.92 Å². The molecule has 4 heteroatoms. The summed E-state index contributed by atoms with van der Waals surface area (Å²) in [6, 6.07) is 11.0. The molecule has 2 aromatic carbocycles. The van der Waals surface area contributed by atoms with E-state index >= 15 is 0 Å². The van der Waals surface area contributed by atoms with E-state index < -0.39 is 0 Å². The summed E-state index contributed by atoms with van der Waals surface area (Å²) in [5, 5.41) is 10.2. The summed E-state index contributed by atoms with van der Waals surface area (Å²) in [4.78, 5) is 4.41. The summed E-state index contributed by atoms with van der Waals surface area (Å²) in [5.41, 5.74) is 2.76. The fourth-order valence-corrected chi connectivity index (χ4v) is 2.19. The molecule has 0 aliphatic heterocycles.